The van der Waals surface area contributed by atoms with Crippen molar-refractivity contribution in [1.29, 1.82) is 0 Å². The molecule has 0 aliphatic carbocycles. The molecule has 0 radical (unpaired) electrons. The first kappa shape index (κ1) is 23.7. The number of anilines is 1. The molecular weight excluding hydrogens is 402 g/mol. The van der Waals surface area contributed by atoms with Crippen LogP contribution < -0.4 is 20.5 Å². The average molecular weight is 429 g/mol. The summed E-state index contributed by atoms with van der Waals surface area (Å²) in [6.07, 6.45) is 2.16. The number of primary amides is 1. The molecule has 0 saturated heterocycles. The van der Waals surface area contributed by atoms with Gasteiger partial charge in [-0.05, 0) is 44.0 Å². The zero-order valence-corrected chi connectivity index (χ0v) is 17.8. The maximum absolute atomic E-state index is 12.8. The SMILES string of the molecule is CCCCOc1cc(C(=O)Nc2ccc(C(N)=O)cc2OC(C)CC)ccc1[N+](=O)[O-]. The molecule has 0 aliphatic rings. The molecule has 2 aromatic carbocycles. The largest absolute Gasteiger partial charge is 0.489 e. The van der Waals surface area contributed by atoms with Gasteiger partial charge in [-0.2, -0.15) is 0 Å². The van der Waals surface area contributed by atoms with Gasteiger partial charge in [-0.15, -0.1) is 0 Å². The van der Waals surface area contributed by atoms with E-state index in [0.29, 0.717) is 18.0 Å². The molecule has 31 heavy (non-hydrogen) atoms. The van der Waals surface area contributed by atoms with Crippen LogP contribution in [0.4, 0.5) is 11.4 Å². The molecular formula is C22H27N3O6. The predicted octanol–water partition coefficient (Wildman–Crippen LogP) is 4.30. The van der Waals surface area contributed by atoms with Crippen LogP contribution in [0.5, 0.6) is 11.5 Å². The number of amides is 2. The number of nitrogens with zero attached hydrogens (tertiary/aromatic N) is 1. The van der Waals surface area contributed by atoms with Gasteiger partial charge in [0.2, 0.25) is 5.91 Å². The van der Waals surface area contributed by atoms with E-state index in [1.165, 1.54) is 36.4 Å². The highest BCUT2D eigenvalue weighted by Crippen LogP contribution is 2.31. The number of unbranched alkanes of at least 4 members (excludes halogenated alkanes) is 1. The van der Waals surface area contributed by atoms with Gasteiger partial charge in [0.25, 0.3) is 5.91 Å². The second-order valence-corrected chi connectivity index (χ2v) is 7.01. The lowest BCUT2D eigenvalue weighted by molar-refractivity contribution is -0.385. The third kappa shape index (κ3) is 6.43. The Balaban J connectivity index is 2.32. The Morgan fingerprint density at radius 1 is 1.13 bits per heavy atom. The third-order valence-electron chi connectivity index (χ3n) is 4.59. The van der Waals surface area contributed by atoms with E-state index in [1.807, 2.05) is 20.8 Å². The minimum absolute atomic E-state index is 0.0336. The number of benzene rings is 2. The molecule has 2 aromatic rings. The Morgan fingerprint density at radius 3 is 2.42 bits per heavy atom. The maximum Gasteiger partial charge on any atom is 0.310 e. The van der Waals surface area contributed by atoms with Gasteiger partial charge in [0.1, 0.15) is 5.75 Å². The van der Waals surface area contributed by atoms with Crippen LogP contribution in [0.3, 0.4) is 0 Å². The number of nitrogens with one attached hydrogen (secondary N) is 1. The van der Waals surface area contributed by atoms with E-state index in [4.69, 9.17) is 15.2 Å². The van der Waals surface area contributed by atoms with Crippen molar-refractivity contribution in [2.75, 3.05) is 11.9 Å². The highest BCUT2D eigenvalue weighted by atomic mass is 16.6. The molecule has 0 bridgehead atoms. The zero-order chi connectivity index (χ0) is 23.0. The summed E-state index contributed by atoms with van der Waals surface area (Å²) in [5.41, 5.74) is 5.92. The lowest BCUT2D eigenvalue weighted by Crippen LogP contribution is -2.17. The summed E-state index contributed by atoms with van der Waals surface area (Å²) in [4.78, 5) is 35.0. The van der Waals surface area contributed by atoms with Gasteiger partial charge in [0.15, 0.2) is 5.75 Å². The van der Waals surface area contributed by atoms with Crippen LogP contribution in [0.2, 0.25) is 0 Å². The number of rotatable bonds is 11. The fourth-order valence-corrected chi connectivity index (χ4v) is 2.62. The number of carbonyl (C=O) groups is 2. The Morgan fingerprint density at radius 2 is 1.81 bits per heavy atom. The first-order chi connectivity index (χ1) is 14.8. The minimum Gasteiger partial charge on any atom is -0.489 e. The summed E-state index contributed by atoms with van der Waals surface area (Å²) in [6.45, 7) is 6.09. The molecule has 0 aromatic heterocycles. The first-order valence-electron chi connectivity index (χ1n) is 10.1. The number of ether oxygens (including phenoxy) is 2. The van der Waals surface area contributed by atoms with Crippen molar-refractivity contribution in [3.63, 3.8) is 0 Å². The molecule has 1 atom stereocenters. The third-order valence-corrected chi connectivity index (χ3v) is 4.59. The molecule has 9 heteroatoms. The summed E-state index contributed by atoms with van der Waals surface area (Å²) < 4.78 is 11.3. The molecule has 3 N–H and O–H groups in total. The van der Waals surface area contributed by atoms with E-state index in [9.17, 15) is 19.7 Å². The van der Waals surface area contributed by atoms with Crippen LogP contribution in [0.1, 0.15) is 60.7 Å². The van der Waals surface area contributed by atoms with Crippen molar-refractivity contribution >= 4 is 23.2 Å². The monoisotopic (exact) mass is 429 g/mol. The summed E-state index contributed by atoms with van der Waals surface area (Å²) in [7, 11) is 0. The minimum atomic E-state index is -0.615. The van der Waals surface area contributed by atoms with E-state index in [0.717, 1.165) is 19.3 Å². The number of nitro groups is 1. The van der Waals surface area contributed by atoms with Crippen LogP contribution in [-0.2, 0) is 0 Å². The molecule has 1 unspecified atom stereocenters. The molecule has 0 spiro atoms. The second kappa shape index (κ2) is 11.0. The normalized spacial score (nSPS) is 11.5. The standard InChI is InChI=1S/C22H27N3O6/c1-4-6-11-30-20-13-16(8-10-18(20)25(28)29)22(27)24-17-9-7-15(21(23)26)12-19(17)31-14(3)5-2/h7-10,12-14H,4-6,11H2,1-3H3,(H2,23,26)(H,24,27). The number of nitro benzene ring substituents is 1. The molecule has 9 nitrogen and oxygen atoms in total. The smallest absolute Gasteiger partial charge is 0.310 e. The lowest BCUT2D eigenvalue weighted by atomic mass is 10.1. The molecule has 2 rings (SSSR count). The van der Waals surface area contributed by atoms with E-state index >= 15 is 0 Å². The van der Waals surface area contributed by atoms with Crippen molar-refractivity contribution in [3.05, 3.63) is 57.6 Å². The van der Waals surface area contributed by atoms with Gasteiger partial charge < -0.3 is 20.5 Å². The molecule has 2 amide bonds. The number of carbonyl (C=O) groups excluding carboxylic acids is 2. The van der Waals surface area contributed by atoms with Crippen LogP contribution in [-0.4, -0.2) is 29.4 Å². The molecule has 166 valence electrons. The summed E-state index contributed by atoms with van der Waals surface area (Å²) in [5, 5.41) is 14.0. The van der Waals surface area contributed by atoms with Crippen LogP contribution in [0, 0.1) is 10.1 Å². The Bertz CT molecular complexity index is 960. The van der Waals surface area contributed by atoms with Crippen molar-refractivity contribution in [3.8, 4) is 11.5 Å². The lowest BCUT2D eigenvalue weighted by Gasteiger charge is -2.17. The van der Waals surface area contributed by atoms with E-state index in [1.54, 1.807) is 0 Å². The van der Waals surface area contributed by atoms with Crippen molar-refractivity contribution in [2.45, 2.75) is 46.1 Å². The summed E-state index contributed by atoms with van der Waals surface area (Å²) >= 11 is 0. The van der Waals surface area contributed by atoms with Gasteiger partial charge in [0.05, 0.1) is 23.3 Å². The van der Waals surface area contributed by atoms with Gasteiger partial charge in [-0.25, -0.2) is 0 Å². The van der Waals surface area contributed by atoms with Crippen LogP contribution in [0.15, 0.2) is 36.4 Å². The van der Waals surface area contributed by atoms with Crippen LogP contribution >= 0.6 is 0 Å². The fourth-order valence-electron chi connectivity index (χ4n) is 2.62. The molecule has 0 fully saturated rings. The number of nitrogens with two attached hydrogens (primary N) is 1. The fraction of sp³-hybridized carbons (Fsp3) is 0.364. The summed E-state index contributed by atoms with van der Waals surface area (Å²) in [6, 6.07) is 8.42. The molecule has 0 saturated carbocycles. The molecule has 0 heterocycles. The van der Waals surface area contributed by atoms with E-state index < -0.39 is 16.7 Å². The van der Waals surface area contributed by atoms with Crippen molar-refractivity contribution in [1.82, 2.24) is 0 Å². The average Bonchev–Trinajstić information content (AvgIpc) is 2.74. The Kier molecular flexibility index (Phi) is 8.36. The summed E-state index contributed by atoms with van der Waals surface area (Å²) in [5.74, 6) is -0.779. The molecule has 0 aliphatic heterocycles. The maximum atomic E-state index is 12.8. The number of hydrogen-bond acceptors (Lipinski definition) is 6. The first-order valence-corrected chi connectivity index (χ1v) is 10.1. The highest BCUT2D eigenvalue weighted by molar-refractivity contribution is 6.06. The number of hydrogen-bond donors (Lipinski definition) is 2. The topological polar surface area (TPSA) is 134 Å². The van der Waals surface area contributed by atoms with Gasteiger partial charge >= 0.3 is 5.69 Å². The Hall–Kier alpha value is -3.62. The van der Waals surface area contributed by atoms with E-state index in [-0.39, 0.29) is 28.7 Å². The quantitative estimate of drug-likeness (QED) is 0.311. The van der Waals surface area contributed by atoms with E-state index in [2.05, 4.69) is 5.32 Å². The van der Waals surface area contributed by atoms with Crippen molar-refractivity contribution in [2.24, 2.45) is 5.73 Å². The van der Waals surface area contributed by atoms with Gasteiger partial charge in [-0.1, -0.05) is 20.3 Å². The highest BCUT2D eigenvalue weighted by Gasteiger charge is 2.20. The van der Waals surface area contributed by atoms with Gasteiger partial charge in [-0.3, -0.25) is 19.7 Å². The van der Waals surface area contributed by atoms with Crippen molar-refractivity contribution < 1.29 is 24.0 Å². The van der Waals surface area contributed by atoms with Crippen LogP contribution in [0.25, 0.3) is 0 Å². The zero-order valence-electron chi connectivity index (χ0n) is 17.8. The Labute approximate surface area is 180 Å². The second-order valence-electron chi connectivity index (χ2n) is 7.01. The van der Waals surface area contributed by atoms with Gasteiger partial charge in [0, 0.05) is 23.3 Å². The predicted molar refractivity (Wildman–Crippen MR) is 117 cm³/mol.